The number of benzene rings is 1. The Kier molecular flexibility index (Phi) is 6.80. The molecule has 0 spiro atoms. The third-order valence-corrected chi connectivity index (χ3v) is 6.10. The van der Waals surface area contributed by atoms with Crippen molar-refractivity contribution in [2.75, 3.05) is 27.2 Å². The predicted octanol–water partition coefficient (Wildman–Crippen LogP) is 2.97. The summed E-state index contributed by atoms with van der Waals surface area (Å²) >= 11 is 1.74. The minimum Gasteiger partial charge on any atom is -0.354 e. The smallest absolute Gasteiger partial charge is 0.223 e. The van der Waals surface area contributed by atoms with Gasteiger partial charge in [-0.05, 0) is 55.2 Å². The lowest BCUT2D eigenvalue weighted by Gasteiger charge is -2.27. The molecule has 1 atom stereocenters. The highest BCUT2D eigenvalue weighted by molar-refractivity contribution is 7.10. The minimum atomic E-state index is -0.295. The molecule has 1 N–H and O–H groups in total. The van der Waals surface area contributed by atoms with Crippen LogP contribution in [0.15, 0.2) is 35.7 Å². The van der Waals surface area contributed by atoms with Crippen LogP contribution < -0.4 is 5.32 Å². The molecule has 7 heteroatoms. The number of likely N-dealkylation sites (N-methyl/N-ethyl adjacent to an activating group) is 1. The van der Waals surface area contributed by atoms with Gasteiger partial charge in [0.15, 0.2) is 0 Å². The van der Waals surface area contributed by atoms with Crippen LogP contribution in [0.4, 0.5) is 4.39 Å². The second-order valence-electron chi connectivity index (χ2n) is 7.27. The molecule has 0 bridgehead atoms. The predicted molar refractivity (Wildman–Crippen MR) is 109 cm³/mol. The van der Waals surface area contributed by atoms with E-state index in [9.17, 15) is 14.0 Å². The van der Waals surface area contributed by atoms with Gasteiger partial charge in [0.2, 0.25) is 11.8 Å². The maximum atomic E-state index is 13.5. The Balaban J connectivity index is 1.46. The number of carbonyl (C=O) groups excluding carboxylic acids is 2. The summed E-state index contributed by atoms with van der Waals surface area (Å²) in [5.74, 6) is -0.442. The first kappa shape index (κ1) is 20.5. The zero-order chi connectivity index (χ0) is 20.1. The van der Waals surface area contributed by atoms with Crippen molar-refractivity contribution in [2.24, 2.45) is 0 Å². The topological polar surface area (TPSA) is 52.7 Å². The van der Waals surface area contributed by atoms with Gasteiger partial charge in [0.25, 0.3) is 0 Å². The largest absolute Gasteiger partial charge is 0.354 e. The first-order valence-corrected chi connectivity index (χ1v) is 10.3. The number of thiophene rings is 1. The van der Waals surface area contributed by atoms with Gasteiger partial charge in [-0.1, -0.05) is 12.1 Å². The Morgan fingerprint density at radius 1 is 1.29 bits per heavy atom. The first-order valence-electron chi connectivity index (χ1n) is 9.45. The molecule has 2 aromatic rings. The molecule has 0 saturated heterocycles. The molecule has 0 aliphatic carbocycles. The standard InChI is InChI=1S/C21H26FN3O2S/c1-24(2)18(15-4-3-5-17(22)12-15)13-23-20(26)6-7-21(27)25-10-8-19-16(14-25)9-11-28-19/h3-5,9,11-12,18H,6-8,10,13-14H2,1-2H3,(H,23,26). The highest BCUT2D eigenvalue weighted by Crippen LogP contribution is 2.24. The highest BCUT2D eigenvalue weighted by Gasteiger charge is 2.22. The molecule has 0 radical (unpaired) electrons. The summed E-state index contributed by atoms with van der Waals surface area (Å²) in [5.41, 5.74) is 2.03. The Hall–Kier alpha value is -2.25. The van der Waals surface area contributed by atoms with E-state index in [2.05, 4.69) is 16.8 Å². The number of hydrogen-bond donors (Lipinski definition) is 1. The summed E-state index contributed by atoms with van der Waals surface area (Å²) < 4.78 is 13.5. The van der Waals surface area contributed by atoms with Crippen LogP contribution in [-0.4, -0.2) is 48.8 Å². The van der Waals surface area contributed by atoms with Gasteiger partial charge >= 0.3 is 0 Å². The summed E-state index contributed by atoms with van der Waals surface area (Å²) in [4.78, 5) is 29.8. The summed E-state index contributed by atoms with van der Waals surface area (Å²) in [6, 6.07) is 8.34. The Morgan fingerprint density at radius 3 is 2.86 bits per heavy atom. The average Bonchev–Trinajstić information content (AvgIpc) is 3.14. The number of carbonyl (C=O) groups is 2. The summed E-state index contributed by atoms with van der Waals surface area (Å²) in [5, 5.41) is 4.94. The van der Waals surface area contributed by atoms with E-state index in [0.717, 1.165) is 18.5 Å². The number of hydrogen-bond acceptors (Lipinski definition) is 4. The van der Waals surface area contributed by atoms with E-state index in [4.69, 9.17) is 0 Å². The van der Waals surface area contributed by atoms with Gasteiger partial charge < -0.3 is 15.1 Å². The third-order valence-electron chi connectivity index (χ3n) is 5.08. The van der Waals surface area contributed by atoms with E-state index in [1.165, 1.54) is 22.6 Å². The van der Waals surface area contributed by atoms with Crippen molar-refractivity contribution in [1.82, 2.24) is 15.1 Å². The van der Waals surface area contributed by atoms with Crippen molar-refractivity contribution in [3.05, 3.63) is 57.5 Å². The average molecular weight is 404 g/mol. The van der Waals surface area contributed by atoms with Crippen LogP contribution in [0.2, 0.25) is 0 Å². The molecule has 1 aromatic carbocycles. The summed E-state index contributed by atoms with van der Waals surface area (Å²) in [6.07, 6.45) is 1.26. The molecule has 1 aromatic heterocycles. The fourth-order valence-electron chi connectivity index (χ4n) is 3.45. The summed E-state index contributed by atoms with van der Waals surface area (Å²) in [7, 11) is 3.78. The van der Waals surface area contributed by atoms with Crippen LogP contribution in [-0.2, 0) is 22.6 Å². The lowest BCUT2D eigenvalue weighted by atomic mass is 10.1. The van der Waals surface area contributed by atoms with E-state index in [0.29, 0.717) is 13.1 Å². The fraction of sp³-hybridized carbons (Fsp3) is 0.429. The first-order chi connectivity index (χ1) is 13.4. The molecule has 2 heterocycles. The summed E-state index contributed by atoms with van der Waals surface area (Å²) in [6.45, 7) is 1.73. The molecule has 28 heavy (non-hydrogen) atoms. The quantitative estimate of drug-likeness (QED) is 0.773. The number of nitrogens with one attached hydrogen (secondary N) is 1. The minimum absolute atomic E-state index is 0.0151. The number of nitrogens with zero attached hydrogens (tertiary/aromatic N) is 2. The molecule has 1 unspecified atom stereocenters. The zero-order valence-electron chi connectivity index (χ0n) is 16.3. The van der Waals surface area contributed by atoms with Crippen molar-refractivity contribution < 1.29 is 14.0 Å². The van der Waals surface area contributed by atoms with Crippen molar-refractivity contribution >= 4 is 23.2 Å². The molecular formula is C21H26FN3O2S. The molecular weight excluding hydrogens is 377 g/mol. The highest BCUT2D eigenvalue weighted by atomic mass is 32.1. The van der Waals surface area contributed by atoms with Crippen LogP contribution >= 0.6 is 11.3 Å². The van der Waals surface area contributed by atoms with Crippen LogP contribution in [0.3, 0.4) is 0 Å². The lowest BCUT2D eigenvalue weighted by Crippen LogP contribution is -2.37. The van der Waals surface area contributed by atoms with E-state index in [1.807, 2.05) is 30.0 Å². The Morgan fingerprint density at radius 2 is 2.11 bits per heavy atom. The Bertz CT molecular complexity index is 837. The molecule has 0 saturated carbocycles. The number of fused-ring (bicyclic) bond motifs is 1. The van der Waals surface area contributed by atoms with Crippen LogP contribution in [0, 0.1) is 5.82 Å². The molecule has 1 aliphatic heterocycles. The van der Waals surface area contributed by atoms with E-state index >= 15 is 0 Å². The molecule has 5 nitrogen and oxygen atoms in total. The lowest BCUT2D eigenvalue weighted by molar-refractivity contribution is -0.134. The number of rotatable bonds is 7. The van der Waals surface area contributed by atoms with Crippen molar-refractivity contribution in [3.8, 4) is 0 Å². The van der Waals surface area contributed by atoms with Crippen LogP contribution in [0.5, 0.6) is 0 Å². The van der Waals surface area contributed by atoms with Crippen molar-refractivity contribution in [2.45, 2.75) is 31.8 Å². The maximum Gasteiger partial charge on any atom is 0.223 e. The van der Waals surface area contributed by atoms with Gasteiger partial charge in [-0.2, -0.15) is 0 Å². The van der Waals surface area contributed by atoms with Gasteiger partial charge in [0, 0.05) is 37.4 Å². The second-order valence-corrected chi connectivity index (χ2v) is 8.27. The number of amides is 2. The zero-order valence-corrected chi connectivity index (χ0v) is 17.1. The van der Waals surface area contributed by atoms with Crippen molar-refractivity contribution in [3.63, 3.8) is 0 Å². The molecule has 0 fully saturated rings. The van der Waals surface area contributed by atoms with Gasteiger partial charge in [-0.25, -0.2) is 4.39 Å². The van der Waals surface area contributed by atoms with Crippen LogP contribution in [0.25, 0.3) is 0 Å². The molecule has 3 rings (SSSR count). The molecule has 150 valence electrons. The van der Waals surface area contributed by atoms with Gasteiger partial charge in [0.1, 0.15) is 5.82 Å². The fourth-order valence-corrected chi connectivity index (χ4v) is 4.34. The molecule has 1 aliphatic rings. The van der Waals surface area contributed by atoms with Gasteiger partial charge in [0.05, 0.1) is 6.04 Å². The number of halogens is 1. The van der Waals surface area contributed by atoms with Gasteiger partial charge in [-0.3, -0.25) is 9.59 Å². The van der Waals surface area contributed by atoms with E-state index in [1.54, 1.807) is 17.4 Å². The van der Waals surface area contributed by atoms with Crippen molar-refractivity contribution in [1.29, 1.82) is 0 Å². The normalized spacial score (nSPS) is 14.6. The maximum absolute atomic E-state index is 13.5. The van der Waals surface area contributed by atoms with E-state index < -0.39 is 0 Å². The Labute approximate surface area is 169 Å². The van der Waals surface area contributed by atoms with Gasteiger partial charge in [-0.15, -0.1) is 11.3 Å². The monoisotopic (exact) mass is 403 g/mol. The third kappa shape index (κ3) is 5.17. The molecule has 2 amide bonds. The van der Waals surface area contributed by atoms with Crippen LogP contribution in [0.1, 0.15) is 34.9 Å². The second kappa shape index (κ2) is 9.30. The van der Waals surface area contributed by atoms with E-state index in [-0.39, 0.29) is 36.5 Å². The SMILES string of the molecule is CN(C)C(CNC(=O)CCC(=O)N1CCc2sccc2C1)c1cccc(F)c1.